The molecule has 0 amide bonds. The summed E-state index contributed by atoms with van der Waals surface area (Å²) in [5, 5.41) is 12.2. The van der Waals surface area contributed by atoms with Crippen LogP contribution in [0.25, 0.3) is 11.1 Å². The van der Waals surface area contributed by atoms with Crippen LogP contribution in [0, 0.1) is 5.41 Å². The third-order valence-electron chi connectivity index (χ3n) is 3.53. The van der Waals surface area contributed by atoms with Crippen LogP contribution in [0.1, 0.15) is 32.3 Å². The van der Waals surface area contributed by atoms with E-state index in [1.54, 1.807) is 12.4 Å². The lowest BCUT2D eigenvalue weighted by Crippen LogP contribution is -2.32. The van der Waals surface area contributed by atoms with Crippen LogP contribution in [0.4, 0.5) is 5.95 Å². The summed E-state index contributed by atoms with van der Waals surface area (Å²) in [4.78, 5) is 7.98. The molecule has 0 radical (unpaired) electrons. The number of aromatic nitrogens is 2. The van der Waals surface area contributed by atoms with E-state index in [0.717, 1.165) is 16.7 Å². The Labute approximate surface area is 129 Å². The minimum atomic E-state index is -0.172. The number of oxime groups is 1. The average Bonchev–Trinajstić information content (AvgIpc) is 2.47. The lowest BCUT2D eigenvalue weighted by atomic mass is 9.75. The first-order chi connectivity index (χ1) is 10.3. The number of benzene rings is 1. The van der Waals surface area contributed by atoms with E-state index in [1.165, 1.54) is 0 Å². The van der Waals surface area contributed by atoms with Gasteiger partial charge in [0, 0.05) is 23.9 Å². The molecule has 6 heteroatoms. The van der Waals surface area contributed by atoms with Crippen molar-refractivity contribution in [3.63, 3.8) is 0 Å². The van der Waals surface area contributed by atoms with Crippen molar-refractivity contribution in [2.75, 3.05) is 5.73 Å². The maximum absolute atomic E-state index is 9.02. The number of rotatable bonds is 3. The Kier molecular flexibility index (Phi) is 4.30. The van der Waals surface area contributed by atoms with Crippen molar-refractivity contribution in [3.8, 4) is 11.1 Å². The van der Waals surface area contributed by atoms with E-state index in [9.17, 15) is 0 Å². The van der Waals surface area contributed by atoms with Crippen LogP contribution in [0.2, 0.25) is 0 Å². The second-order valence-electron chi connectivity index (χ2n) is 6.28. The van der Waals surface area contributed by atoms with Gasteiger partial charge in [0.2, 0.25) is 5.95 Å². The lowest BCUT2D eigenvalue weighted by molar-refractivity contribution is 0.305. The van der Waals surface area contributed by atoms with Crippen LogP contribution in [0.15, 0.2) is 41.8 Å². The fourth-order valence-electron chi connectivity index (χ4n) is 2.53. The second-order valence-corrected chi connectivity index (χ2v) is 6.28. The molecule has 1 atom stereocenters. The summed E-state index contributed by atoms with van der Waals surface area (Å²) in [7, 11) is 0. The molecule has 1 aromatic carbocycles. The maximum Gasteiger partial charge on any atom is 0.219 e. The van der Waals surface area contributed by atoms with E-state index in [0.29, 0.717) is 0 Å². The Morgan fingerprint density at radius 1 is 1.09 bits per heavy atom. The molecular formula is C16H21N5O. The van der Waals surface area contributed by atoms with Gasteiger partial charge in [0.05, 0.1) is 0 Å². The molecule has 0 saturated heterocycles. The van der Waals surface area contributed by atoms with E-state index in [1.807, 2.05) is 24.3 Å². The number of anilines is 1. The minimum absolute atomic E-state index is 0.165. The highest BCUT2D eigenvalue weighted by Crippen LogP contribution is 2.36. The quantitative estimate of drug-likeness (QED) is 0.349. The van der Waals surface area contributed by atoms with Crippen LogP contribution in [0.3, 0.4) is 0 Å². The van der Waals surface area contributed by atoms with E-state index in [-0.39, 0.29) is 23.1 Å². The largest absolute Gasteiger partial charge is 0.409 e. The number of hydrogen-bond donors (Lipinski definition) is 3. The van der Waals surface area contributed by atoms with E-state index < -0.39 is 0 Å². The Bertz CT molecular complexity index is 656. The monoisotopic (exact) mass is 299 g/mol. The number of nitrogen functional groups attached to an aromatic ring is 1. The third kappa shape index (κ3) is 3.33. The van der Waals surface area contributed by atoms with Gasteiger partial charge >= 0.3 is 0 Å². The normalized spacial score (nSPS) is 13.9. The maximum atomic E-state index is 9.02. The van der Waals surface area contributed by atoms with Crippen molar-refractivity contribution in [1.29, 1.82) is 0 Å². The molecule has 0 fully saturated rings. The third-order valence-corrected chi connectivity index (χ3v) is 3.53. The molecule has 0 aliphatic heterocycles. The van der Waals surface area contributed by atoms with Gasteiger partial charge in [0.15, 0.2) is 0 Å². The molecule has 0 aliphatic carbocycles. The molecule has 1 aromatic heterocycles. The topological polar surface area (TPSA) is 110 Å². The molecule has 5 N–H and O–H groups in total. The molecule has 22 heavy (non-hydrogen) atoms. The molecule has 0 spiro atoms. The average molecular weight is 299 g/mol. The summed E-state index contributed by atoms with van der Waals surface area (Å²) in [6.07, 6.45) is 3.37. The van der Waals surface area contributed by atoms with Gasteiger partial charge in [0.1, 0.15) is 5.84 Å². The Hall–Kier alpha value is -2.63. The minimum Gasteiger partial charge on any atom is -0.409 e. The summed E-state index contributed by atoms with van der Waals surface area (Å²) in [6, 6.07) is 7.88. The highest BCUT2D eigenvalue weighted by atomic mass is 16.4. The van der Waals surface area contributed by atoms with Crippen LogP contribution in [0.5, 0.6) is 0 Å². The van der Waals surface area contributed by atoms with Gasteiger partial charge in [-0.2, -0.15) is 0 Å². The van der Waals surface area contributed by atoms with Crippen LogP contribution < -0.4 is 11.5 Å². The van der Waals surface area contributed by atoms with Gasteiger partial charge < -0.3 is 16.7 Å². The van der Waals surface area contributed by atoms with Gasteiger partial charge in [-0.25, -0.2) is 9.97 Å². The first-order valence-corrected chi connectivity index (χ1v) is 6.98. The SMILES string of the molecule is CC(C)(C)C(C(N)=NO)c1ccc(-c2cnc(N)nc2)cc1. The molecule has 0 bridgehead atoms. The van der Waals surface area contributed by atoms with Gasteiger partial charge in [-0.1, -0.05) is 50.2 Å². The Morgan fingerprint density at radius 3 is 2.09 bits per heavy atom. The lowest BCUT2D eigenvalue weighted by Gasteiger charge is -2.30. The zero-order chi connectivity index (χ0) is 16.3. The molecule has 2 aromatic rings. The predicted octanol–water partition coefficient (Wildman–Crippen LogP) is 2.60. The van der Waals surface area contributed by atoms with Gasteiger partial charge in [0.25, 0.3) is 0 Å². The van der Waals surface area contributed by atoms with Crippen molar-refractivity contribution in [1.82, 2.24) is 9.97 Å². The molecule has 0 saturated carbocycles. The van der Waals surface area contributed by atoms with Crippen molar-refractivity contribution in [2.45, 2.75) is 26.7 Å². The first kappa shape index (κ1) is 15.8. The van der Waals surface area contributed by atoms with Crippen molar-refractivity contribution in [2.24, 2.45) is 16.3 Å². The molecule has 1 unspecified atom stereocenters. The van der Waals surface area contributed by atoms with Crippen LogP contribution >= 0.6 is 0 Å². The number of nitrogens with zero attached hydrogens (tertiary/aromatic N) is 3. The standard InChI is InChI=1S/C16H21N5O/c1-16(2,3)13(14(17)21-22)11-6-4-10(5-7-11)12-8-19-15(18)20-9-12/h4-9,13,22H,1-3H3,(H2,17,21)(H2,18,19,20). The highest BCUT2D eigenvalue weighted by Gasteiger charge is 2.30. The summed E-state index contributed by atoms with van der Waals surface area (Å²) in [6.45, 7) is 6.16. The Morgan fingerprint density at radius 2 is 1.64 bits per heavy atom. The molecule has 2 rings (SSSR count). The zero-order valence-corrected chi connectivity index (χ0v) is 13.0. The summed E-state index contributed by atoms with van der Waals surface area (Å²) in [5.41, 5.74) is 14.1. The van der Waals surface area contributed by atoms with E-state index in [4.69, 9.17) is 16.7 Å². The number of amidine groups is 1. The summed E-state index contributed by atoms with van der Waals surface area (Å²) in [5.74, 6) is 0.283. The van der Waals surface area contributed by atoms with Gasteiger partial charge in [-0.15, -0.1) is 0 Å². The van der Waals surface area contributed by atoms with E-state index >= 15 is 0 Å². The van der Waals surface area contributed by atoms with Gasteiger partial charge in [-0.3, -0.25) is 0 Å². The molecule has 0 aliphatic rings. The van der Waals surface area contributed by atoms with E-state index in [2.05, 4.69) is 35.9 Å². The molecule has 1 heterocycles. The number of hydrogen-bond acceptors (Lipinski definition) is 5. The fourth-order valence-corrected chi connectivity index (χ4v) is 2.53. The Balaban J connectivity index is 2.36. The zero-order valence-electron chi connectivity index (χ0n) is 13.0. The smallest absolute Gasteiger partial charge is 0.219 e. The second kappa shape index (κ2) is 6.01. The summed E-state index contributed by atoms with van der Waals surface area (Å²) < 4.78 is 0. The van der Waals surface area contributed by atoms with Crippen LogP contribution in [-0.4, -0.2) is 21.0 Å². The molecule has 6 nitrogen and oxygen atoms in total. The van der Waals surface area contributed by atoms with Crippen molar-refractivity contribution >= 4 is 11.8 Å². The van der Waals surface area contributed by atoms with Crippen molar-refractivity contribution < 1.29 is 5.21 Å². The molecular weight excluding hydrogens is 278 g/mol. The van der Waals surface area contributed by atoms with Crippen molar-refractivity contribution in [3.05, 3.63) is 42.2 Å². The summed E-state index contributed by atoms with van der Waals surface area (Å²) >= 11 is 0. The van der Waals surface area contributed by atoms with Gasteiger partial charge in [-0.05, 0) is 16.5 Å². The molecule has 116 valence electrons. The number of nitrogens with two attached hydrogens (primary N) is 2. The fraction of sp³-hybridized carbons (Fsp3) is 0.312. The van der Waals surface area contributed by atoms with Crippen LogP contribution in [-0.2, 0) is 0 Å². The predicted molar refractivity (Wildman–Crippen MR) is 87.5 cm³/mol. The highest BCUT2D eigenvalue weighted by molar-refractivity contribution is 5.87. The first-order valence-electron chi connectivity index (χ1n) is 6.98.